The molecule has 0 N–H and O–H groups in total. The van der Waals surface area contributed by atoms with Crippen molar-refractivity contribution >= 4 is 28.9 Å². The molecule has 21 heavy (non-hydrogen) atoms. The minimum atomic E-state index is -0.562. The Morgan fingerprint density at radius 1 is 1.19 bits per heavy atom. The van der Waals surface area contributed by atoms with Gasteiger partial charge in [0.25, 0.3) is 0 Å². The van der Waals surface area contributed by atoms with E-state index >= 15 is 0 Å². The van der Waals surface area contributed by atoms with Crippen molar-refractivity contribution in [2.24, 2.45) is 0 Å². The first-order valence-electron chi connectivity index (χ1n) is 7.12. The fraction of sp³-hybridized carbons (Fsp3) is 0.533. The number of amides is 2. The van der Waals surface area contributed by atoms with Crippen LogP contribution in [0.5, 0.6) is 0 Å². The van der Waals surface area contributed by atoms with Gasteiger partial charge in [-0.15, -0.1) is 11.3 Å². The van der Waals surface area contributed by atoms with Crippen molar-refractivity contribution < 1.29 is 14.4 Å². The van der Waals surface area contributed by atoms with E-state index in [4.69, 9.17) is 0 Å². The van der Waals surface area contributed by atoms with E-state index in [0.29, 0.717) is 25.2 Å². The first kappa shape index (κ1) is 15.7. The number of hydrogen-bond donors (Lipinski definition) is 0. The molecule has 2 rings (SSSR count). The van der Waals surface area contributed by atoms with Crippen LogP contribution in [0.2, 0.25) is 0 Å². The van der Waals surface area contributed by atoms with Crippen molar-refractivity contribution in [3.63, 3.8) is 0 Å². The molecule has 1 aromatic heterocycles. The Labute approximate surface area is 128 Å². The van der Waals surface area contributed by atoms with Crippen LogP contribution in [0.4, 0.5) is 0 Å². The van der Waals surface area contributed by atoms with E-state index in [2.05, 4.69) is 0 Å². The van der Waals surface area contributed by atoms with Gasteiger partial charge in [-0.25, -0.2) is 0 Å². The number of piperazine rings is 1. The van der Waals surface area contributed by atoms with Gasteiger partial charge >= 0.3 is 11.8 Å². The first-order chi connectivity index (χ1) is 9.93. The first-order valence-corrected chi connectivity index (χ1v) is 7.94. The average Bonchev–Trinajstić information content (AvgIpc) is 2.77. The summed E-state index contributed by atoms with van der Waals surface area (Å²) in [6.45, 7) is 7.33. The molecule has 0 saturated carbocycles. The van der Waals surface area contributed by atoms with Gasteiger partial charge in [0.1, 0.15) is 0 Å². The van der Waals surface area contributed by atoms with E-state index in [1.54, 1.807) is 16.2 Å². The minimum Gasteiger partial charge on any atom is -0.333 e. The number of carbonyl (C=O) groups is 3. The molecule has 0 unspecified atom stereocenters. The minimum absolute atomic E-state index is 0.0123. The van der Waals surface area contributed by atoms with Crippen molar-refractivity contribution in [1.29, 1.82) is 0 Å². The number of thiophene rings is 1. The van der Waals surface area contributed by atoms with Gasteiger partial charge in [0.05, 0.1) is 6.54 Å². The summed E-state index contributed by atoms with van der Waals surface area (Å²) in [5, 5.41) is 0. The predicted molar refractivity (Wildman–Crippen MR) is 81.6 cm³/mol. The van der Waals surface area contributed by atoms with Gasteiger partial charge in [-0.3, -0.25) is 14.4 Å². The normalized spacial score (nSPS) is 15.8. The van der Waals surface area contributed by atoms with Crippen LogP contribution in [0.25, 0.3) is 0 Å². The summed E-state index contributed by atoms with van der Waals surface area (Å²) < 4.78 is 0. The fourth-order valence-electron chi connectivity index (χ4n) is 2.52. The molecule has 0 atom stereocenters. The molecule has 1 saturated heterocycles. The molecule has 1 aromatic rings. The number of rotatable bonds is 5. The van der Waals surface area contributed by atoms with Gasteiger partial charge < -0.3 is 9.80 Å². The second kappa shape index (κ2) is 6.39. The van der Waals surface area contributed by atoms with E-state index in [9.17, 15) is 14.4 Å². The maximum absolute atomic E-state index is 12.3. The van der Waals surface area contributed by atoms with Gasteiger partial charge in [0.15, 0.2) is 5.78 Å². The van der Waals surface area contributed by atoms with Crippen molar-refractivity contribution in [1.82, 2.24) is 9.80 Å². The quantitative estimate of drug-likeness (QED) is 0.613. The number of aryl methyl sites for hydroxylation is 2. The molecule has 5 nitrogen and oxygen atoms in total. The van der Waals surface area contributed by atoms with Crippen LogP contribution >= 0.6 is 11.3 Å². The maximum atomic E-state index is 12.3. The SMILES string of the molecule is CCCN1CCN(CC(=O)c2cc(C)sc2C)C(=O)C1=O. The van der Waals surface area contributed by atoms with Gasteiger partial charge in [-0.2, -0.15) is 0 Å². The molecule has 6 heteroatoms. The number of hydrogen-bond acceptors (Lipinski definition) is 4. The predicted octanol–water partition coefficient (Wildman–Crippen LogP) is 1.63. The third kappa shape index (κ3) is 3.32. The highest BCUT2D eigenvalue weighted by atomic mass is 32.1. The summed E-state index contributed by atoms with van der Waals surface area (Å²) in [6.07, 6.45) is 0.825. The molecule has 114 valence electrons. The Bertz CT molecular complexity index is 579. The van der Waals surface area contributed by atoms with Crippen LogP contribution in [-0.4, -0.2) is 53.6 Å². The maximum Gasteiger partial charge on any atom is 0.312 e. The molecular weight excluding hydrogens is 288 g/mol. The van der Waals surface area contributed by atoms with Gasteiger partial charge in [-0.05, 0) is 26.3 Å². The number of ketones is 1. The molecular formula is C15H20N2O3S. The third-order valence-corrected chi connectivity index (χ3v) is 4.53. The standard InChI is InChI=1S/C15H20N2O3S/c1-4-5-16-6-7-17(15(20)14(16)19)9-13(18)12-8-10(2)21-11(12)3/h8H,4-7,9H2,1-3H3. The summed E-state index contributed by atoms with van der Waals surface area (Å²) in [5.74, 6) is -1.15. The summed E-state index contributed by atoms with van der Waals surface area (Å²) in [5.41, 5.74) is 0.661. The molecule has 1 aliphatic heterocycles. The van der Waals surface area contributed by atoms with Crippen molar-refractivity contribution in [3.8, 4) is 0 Å². The molecule has 2 heterocycles. The van der Waals surface area contributed by atoms with E-state index in [-0.39, 0.29) is 12.3 Å². The molecule has 1 aliphatic rings. The second-order valence-electron chi connectivity index (χ2n) is 5.27. The lowest BCUT2D eigenvalue weighted by Gasteiger charge is -2.33. The van der Waals surface area contributed by atoms with Crippen molar-refractivity contribution in [3.05, 3.63) is 21.4 Å². The van der Waals surface area contributed by atoms with Crippen LogP contribution in [0.1, 0.15) is 33.5 Å². The van der Waals surface area contributed by atoms with Crippen molar-refractivity contribution in [2.75, 3.05) is 26.2 Å². The molecule has 0 aliphatic carbocycles. The Kier molecular flexibility index (Phi) is 4.77. The Morgan fingerprint density at radius 3 is 2.38 bits per heavy atom. The fourth-order valence-corrected chi connectivity index (χ4v) is 3.46. The van der Waals surface area contributed by atoms with Gasteiger partial charge in [0, 0.05) is 35.0 Å². The van der Waals surface area contributed by atoms with E-state index < -0.39 is 11.8 Å². The van der Waals surface area contributed by atoms with Gasteiger partial charge in [-0.1, -0.05) is 6.92 Å². The summed E-state index contributed by atoms with van der Waals surface area (Å²) in [6, 6.07) is 1.85. The van der Waals surface area contributed by atoms with Crippen LogP contribution in [0, 0.1) is 13.8 Å². The van der Waals surface area contributed by atoms with Crippen LogP contribution in [-0.2, 0) is 9.59 Å². The average molecular weight is 308 g/mol. The zero-order chi connectivity index (χ0) is 15.6. The topological polar surface area (TPSA) is 57.7 Å². The molecule has 0 radical (unpaired) electrons. The number of Topliss-reactive ketones (excluding diaryl/α,β-unsaturated/α-hetero) is 1. The highest BCUT2D eigenvalue weighted by molar-refractivity contribution is 7.12. The second-order valence-corrected chi connectivity index (χ2v) is 6.73. The Balaban J connectivity index is 2.04. The molecule has 2 amide bonds. The molecule has 0 bridgehead atoms. The molecule has 0 aromatic carbocycles. The Hall–Kier alpha value is -1.69. The third-order valence-electron chi connectivity index (χ3n) is 3.57. The molecule has 0 spiro atoms. The van der Waals surface area contributed by atoms with Crippen molar-refractivity contribution in [2.45, 2.75) is 27.2 Å². The Morgan fingerprint density at radius 2 is 1.81 bits per heavy atom. The highest BCUT2D eigenvalue weighted by Gasteiger charge is 2.33. The number of carbonyl (C=O) groups excluding carboxylic acids is 3. The van der Waals surface area contributed by atoms with Crippen LogP contribution in [0.3, 0.4) is 0 Å². The summed E-state index contributed by atoms with van der Waals surface area (Å²) in [4.78, 5) is 41.2. The zero-order valence-corrected chi connectivity index (χ0v) is 13.5. The highest BCUT2D eigenvalue weighted by Crippen LogP contribution is 2.21. The summed E-state index contributed by atoms with van der Waals surface area (Å²) >= 11 is 1.57. The van der Waals surface area contributed by atoms with E-state index in [1.807, 2.05) is 26.8 Å². The number of nitrogens with zero attached hydrogens (tertiary/aromatic N) is 2. The lowest BCUT2D eigenvalue weighted by atomic mass is 10.1. The van der Waals surface area contributed by atoms with E-state index in [0.717, 1.165) is 16.2 Å². The molecule has 1 fully saturated rings. The smallest absolute Gasteiger partial charge is 0.312 e. The monoisotopic (exact) mass is 308 g/mol. The van der Waals surface area contributed by atoms with E-state index in [1.165, 1.54) is 4.90 Å². The van der Waals surface area contributed by atoms with Crippen LogP contribution < -0.4 is 0 Å². The zero-order valence-electron chi connectivity index (χ0n) is 12.6. The summed E-state index contributed by atoms with van der Waals surface area (Å²) in [7, 11) is 0. The van der Waals surface area contributed by atoms with Gasteiger partial charge in [0.2, 0.25) is 0 Å². The largest absolute Gasteiger partial charge is 0.333 e. The van der Waals surface area contributed by atoms with Crippen LogP contribution in [0.15, 0.2) is 6.07 Å². The lowest BCUT2D eigenvalue weighted by molar-refractivity contribution is -0.155. The lowest BCUT2D eigenvalue weighted by Crippen LogP contribution is -2.55.